The molecular formula is C13H19N3O4S. The van der Waals surface area contributed by atoms with E-state index < -0.39 is 11.9 Å². The second kappa shape index (κ2) is 6.77. The standard InChI is InChI=1S/C13H19N3O4S/c1-3-20-13(18)10-9(14)8(12(17)19-2)11(21-10)16-6-4-15-5-7-16/h15H,3-7,14H2,1-2H3. The van der Waals surface area contributed by atoms with Crippen LogP contribution in [0.4, 0.5) is 10.7 Å². The van der Waals surface area contributed by atoms with Crippen LogP contribution >= 0.6 is 11.3 Å². The molecule has 1 fully saturated rings. The van der Waals surface area contributed by atoms with Gasteiger partial charge in [-0.05, 0) is 6.92 Å². The van der Waals surface area contributed by atoms with Crippen molar-refractivity contribution in [2.75, 3.05) is 50.5 Å². The molecule has 0 unspecified atom stereocenters. The number of anilines is 2. The Hall–Kier alpha value is -1.80. The Bertz CT molecular complexity index is 538. The monoisotopic (exact) mass is 313 g/mol. The molecule has 3 N–H and O–H groups in total. The highest BCUT2D eigenvalue weighted by atomic mass is 32.1. The predicted molar refractivity (Wildman–Crippen MR) is 81.1 cm³/mol. The molecule has 1 aromatic heterocycles. The zero-order valence-electron chi connectivity index (χ0n) is 12.1. The van der Waals surface area contributed by atoms with Gasteiger partial charge in [-0.15, -0.1) is 11.3 Å². The van der Waals surface area contributed by atoms with Gasteiger partial charge in [-0.3, -0.25) is 0 Å². The molecule has 0 spiro atoms. The first-order chi connectivity index (χ1) is 10.1. The molecule has 1 aliphatic rings. The van der Waals surface area contributed by atoms with Crippen molar-refractivity contribution in [2.45, 2.75) is 6.92 Å². The van der Waals surface area contributed by atoms with Gasteiger partial charge in [0.05, 0.1) is 19.4 Å². The topological polar surface area (TPSA) is 93.9 Å². The van der Waals surface area contributed by atoms with Crippen LogP contribution < -0.4 is 16.0 Å². The first-order valence-corrected chi connectivity index (χ1v) is 7.55. The molecule has 0 bridgehead atoms. The van der Waals surface area contributed by atoms with Gasteiger partial charge >= 0.3 is 11.9 Å². The highest BCUT2D eigenvalue weighted by Crippen LogP contribution is 2.39. The van der Waals surface area contributed by atoms with Gasteiger partial charge in [0.1, 0.15) is 15.4 Å². The van der Waals surface area contributed by atoms with Crippen LogP contribution in [0.1, 0.15) is 27.0 Å². The van der Waals surface area contributed by atoms with Gasteiger partial charge in [0, 0.05) is 26.2 Å². The lowest BCUT2D eigenvalue weighted by atomic mass is 10.2. The third-order valence-electron chi connectivity index (χ3n) is 3.18. The van der Waals surface area contributed by atoms with E-state index >= 15 is 0 Å². The third-order valence-corrected chi connectivity index (χ3v) is 4.43. The smallest absolute Gasteiger partial charge is 0.350 e. The molecule has 0 aromatic carbocycles. The summed E-state index contributed by atoms with van der Waals surface area (Å²) < 4.78 is 9.78. The Morgan fingerprint density at radius 1 is 1.33 bits per heavy atom. The summed E-state index contributed by atoms with van der Waals surface area (Å²) in [4.78, 5) is 26.2. The van der Waals surface area contributed by atoms with Crippen LogP contribution in [0, 0.1) is 0 Å². The van der Waals surface area contributed by atoms with Gasteiger partial charge in [0.15, 0.2) is 0 Å². The zero-order valence-corrected chi connectivity index (χ0v) is 12.9. The highest BCUT2D eigenvalue weighted by Gasteiger charge is 2.30. The molecule has 0 atom stereocenters. The molecule has 7 nitrogen and oxygen atoms in total. The highest BCUT2D eigenvalue weighted by molar-refractivity contribution is 7.19. The Morgan fingerprint density at radius 2 is 2.00 bits per heavy atom. The molecule has 0 amide bonds. The number of hydrogen-bond acceptors (Lipinski definition) is 8. The molecular weight excluding hydrogens is 294 g/mol. The SMILES string of the molecule is CCOC(=O)c1sc(N2CCNCC2)c(C(=O)OC)c1N. The van der Waals surface area contributed by atoms with Gasteiger partial charge in [0.25, 0.3) is 0 Å². The first-order valence-electron chi connectivity index (χ1n) is 6.73. The average molecular weight is 313 g/mol. The van der Waals surface area contributed by atoms with E-state index in [1.54, 1.807) is 6.92 Å². The quantitative estimate of drug-likeness (QED) is 0.790. The van der Waals surface area contributed by atoms with Crippen LogP contribution in [-0.2, 0) is 9.47 Å². The van der Waals surface area contributed by atoms with Crippen molar-refractivity contribution >= 4 is 34.0 Å². The largest absolute Gasteiger partial charge is 0.465 e. The summed E-state index contributed by atoms with van der Waals surface area (Å²) in [6.07, 6.45) is 0. The fourth-order valence-corrected chi connectivity index (χ4v) is 3.32. The number of ether oxygens (including phenoxy) is 2. The number of carbonyl (C=O) groups excluding carboxylic acids is 2. The molecule has 21 heavy (non-hydrogen) atoms. The van der Waals surface area contributed by atoms with Gasteiger partial charge in [-0.1, -0.05) is 0 Å². The molecule has 2 heterocycles. The number of methoxy groups -OCH3 is 1. The molecule has 8 heteroatoms. The first kappa shape index (κ1) is 15.6. The third kappa shape index (κ3) is 3.11. The van der Waals surface area contributed by atoms with Crippen molar-refractivity contribution < 1.29 is 19.1 Å². The van der Waals surface area contributed by atoms with E-state index in [1.807, 2.05) is 4.90 Å². The summed E-state index contributed by atoms with van der Waals surface area (Å²) in [6.45, 7) is 5.09. The van der Waals surface area contributed by atoms with E-state index in [0.717, 1.165) is 26.2 Å². The molecule has 0 aliphatic carbocycles. The number of nitrogens with one attached hydrogen (secondary N) is 1. The van der Waals surface area contributed by atoms with Crippen LogP contribution in [0.25, 0.3) is 0 Å². The fraction of sp³-hybridized carbons (Fsp3) is 0.538. The summed E-state index contributed by atoms with van der Waals surface area (Å²) in [7, 11) is 1.30. The second-order valence-corrected chi connectivity index (χ2v) is 5.47. The molecule has 116 valence electrons. The van der Waals surface area contributed by atoms with E-state index in [4.69, 9.17) is 15.2 Å². The maximum Gasteiger partial charge on any atom is 0.350 e. The van der Waals surface area contributed by atoms with E-state index in [2.05, 4.69) is 5.32 Å². The molecule has 1 saturated heterocycles. The number of esters is 2. The number of nitrogens with two attached hydrogens (primary N) is 1. The Labute approximate surface area is 127 Å². The maximum atomic E-state index is 12.0. The molecule has 0 radical (unpaired) electrons. The van der Waals surface area contributed by atoms with Crippen molar-refractivity contribution in [3.8, 4) is 0 Å². The number of carbonyl (C=O) groups is 2. The van der Waals surface area contributed by atoms with Crippen molar-refractivity contribution in [3.63, 3.8) is 0 Å². The number of rotatable bonds is 4. The Kier molecular flexibility index (Phi) is 5.03. The van der Waals surface area contributed by atoms with Crippen LogP contribution in [-0.4, -0.2) is 51.8 Å². The van der Waals surface area contributed by atoms with Crippen LogP contribution in [0.2, 0.25) is 0 Å². The average Bonchev–Trinajstić information content (AvgIpc) is 2.85. The lowest BCUT2D eigenvalue weighted by Gasteiger charge is -2.28. The minimum absolute atomic E-state index is 0.138. The molecule has 1 aromatic rings. The van der Waals surface area contributed by atoms with Gasteiger partial charge in [0.2, 0.25) is 0 Å². The summed E-state index contributed by atoms with van der Waals surface area (Å²) in [5.41, 5.74) is 6.38. The summed E-state index contributed by atoms with van der Waals surface area (Å²) in [5.74, 6) is -1.04. The predicted octanol–water partition coefficient (Wildman–Crippen LogP) is 0.703. The number of thiophene rings is 1. The minimum Gasteiger partial charge on any atom is -0.465 e. The van der Waals surface area contributed by atoms with Crippen molar-refractivity contribution in [1.82, 2.24) is 5.32 Å². The summed E-state index contributed by atoms with van der Waals surface area (Å²) >= 11 is 1.18. The van der Waals surface area contributed by atoms with E-state index in [0.29, 0.717) is 5.00 Å². The Balaban J connectivity index is 2.43. The Morgan fingerprint density at radius 3 is 2.57 bits per heavy atom. The fourth-order valence-electron chi connectivity index (χ4n) is 2.17. The summed E-state index contributed by atoms with van der Waals surface area (Å²) in [5, 5.41) is 3.91. The number of nitrogen functional groups attached to an aromatic ring is 1. The van der Waals surface area contributed by atoms with Gasteiger partial charge in [-0.25, -0.2) is 9.59 Å². The van der Waals surface area contributed by atoms with Crippen LogP contribution in [0.3, 0.4) is 0 Å². The van der Waals surface area contributed by atoms with Crippen molar-refractivity contribution in [1.29, 1.82) is 0 Å². The van der Waals surface area contributed by atoms with E-state index in [9.17, 15) is 9.59 Å². The molecule has 2 rings (SSSR count). The summed E-state index contributed by atoms with van der Waals surface area (Å²) in [6, 6.07) is 0. The van der Waals surface area contributed by atoms with E-state index in [1.165, 1.54) is 18.4 Å². The van der Waals surface area contributed by atoms with Crippen molar-refractivity contribution in [2.24, 2.45) is 0 Å². The lowest BCUT2D eigenvalue weighted by Crippen LogP contribution is -2.43. The zero-order chi connectivity index (χ0) is 15.4. The maximum absolute atomic E-state index is 12.0. The van der Waals surface area contributed by atoms with Crippen molar-refractivity contribution in [3.05, 3.63) is 10.4 Å². The van der Waals surface area contributed by atoms with Gasteiger partial charge < -0.3 is 25.4 Å². The second-order valence-electron chi connectivity index (χ2n) is 4.47. The van der Waals surface area contributed by atoms with Crippen LogP contribution in [0.5, 0.6) is 0 Å². The number of nitrogens with zero attached hydrogens (tertiary/aromatic N) is 1. The lowest BCUT2D eigenvalue weighted by molar-refractivity contribution is 0.0533. The van der Waals surface area contributed by atoms with E-state index in [-0.39, 0.29) is 22.7 Å². The molecule has 1 aliphatic heterocycles. The van der Waals surface area contributed by atoms with Gasteiger partial charge in [-0.2, -0.15) is 0 Å². The normalized spacial score (nSPS) is 14.9. The number of piperazine rings is 1. The van der Waals surface area contributed by atoms with Crippen LogP contribution in [0.15, 0.2) is 0 Å². The minimum atomic E-state index is -0.534. The number of hydrogen-bond donors (Lipinski definition) is 2. The molecule has 0 saturated carbocycles.